The molecule has 1 unspecified atom stereocenters. The van der Waals surface area contributed by atoms with Gasteiger partial charge in [-0.2, -0.15) is 9.18 Å². The van der Waals surface area contributed by atoms with Gasteiger partial charge in [0.25, 0.3) is 0 Å². The minimum atomic E-state index is -3.18. The second kappa shape index (κ2) is 15.9. The summed E-state index contributed by atoms with van der Waals surface area (Å²) in [5.74, 6) is 0.930. The number of para-hydroxylation sites is 2. The molecule has 1 saturated heterocycles. The Bertz CT molecular complexity index is 3650. The molecule has 1 fully saturated rings. The largest absolute Gasteiger partial charge is 0.294 e. The molecule has 4 nitrogen and oxygen atoms in total. The topological polar surface area (TPSA) is 17.8 Å². The number of rotatable bonds is 8. The molecule has 0 amide bonds. The van der Waals surface area contributed by atoms with Crippen LogP contribution >= 0.6 is 0 Å². The molecule has 0 saturated carbocycles. The van der Waals surface area contributed by atoms with Crippen LogP contribution in [0.3, 0.4) is 0 Å². The number of pyridine rings is 1. The molecule has 2 atom stereocenters. The van der Waals surface area contributed by atoms with E-state index in [1.165, 1.54) is 82.1 Å². The van der Waals surface area contributed by atoms with Crippen molar-refractivity contribution >= 4 is 73.4 Å². The summed E-state index contributed by atoms with van der Waals surface area (Å²) in [6.45, 7) is 23.5. The zero-order chi connectivity index (χ0) is 49.1. The molecule has 5 heteroatoms. The van der Waals surface area contributed by atoms with Crippen LogP contribution in [0, 0.1) is 6.67 Å². The molecule has 350 valence electrons. The molecule has 0 bridgehead atoms. The van der Waals surface area contributed by atoms with Gasteiger partial charge in [0.15, 0.2) is 26.1 Å². The van der Waals surface area contributed by atoms with Crippen molar-refractivity contribution < 1.29 is 0 Å². The van der Waals surface area contributed by atoms with Gasteiger partial charge in [-0.15, -0.1) is 0 Å². The predicted molar refractivity (Wildman–Crippen MR) is 304 cm³/mol. The average molecular weight is 940 g/mol. The van der Waals surface area contributed by atoms with Crippen molar-refractivity contribution in [1.29, 1.82) is 0 Å². The van der Waals surface area contributed by atoms with Crippen molar-refractivity contribution in [1.82, 2.24) is 18.7 Å². The van der Waals surface area contributed by atoms with Crippen molar-refractivity contribution in [3.05, 3.63) is 236 Å². The smallest absolute Gasteiger partial charge is 0.225 e. The Morgan fingerprint density at radius 2 is 0.972 bits per heavy atom. The zero-order valence-corrected chi connectivity index (χ0v) is 43.6. The van der Waals surface area contributed by atoms with Crippen molar-refractivity contribution in [2.45, 2.75) is 78.6 Å². The Morgan fingerprint density at radius 1 is 0.394 bits per heavy atom. The number of quaternary nitrogens is 2. The number of hydrogen-bond donors (Lipinski definition) is 0. The molecule has 12 rings (SSSR count). The van der Waals surface area contributed by atoms with E-state index in [0.29, 0.717) is 9.18 Å². The van der Waals surface area contributed by atoms with Gasteiger partial charge in [0.1, 0.15) is 5.82 Å². The quantitative estimate of drug-likeness (QED) is 0.0488. The van der Waals surface area contributed by atoms with Crippen LogP contribution in [0.2, 0.25) is 0 Å². The fraction of sp³-hybridized carbons (Fsp3) is 0.182. The second-order valence-corrected chi connectivity index (χ2v) is 26.9. The maximum atomic E-state index is 5.18. The van der Waals surface area contributed by atoms with Crippen molar-refractivity contribution in [3.8, 4) is 16.9 Å². The fourth-order valence-corrected chi connectivity index (χ4v) is 16.6. The van der Waals surface area contributed by atoms with Gasteiger partial charge in [-0.1, -0.05) is 202 Å². The van der Waals surface area contributed by atoms with E-state index in [9.17, 15) is 0 Å². The molecule has 8 aromatic carbocycles. The van der Waals surface area contributed by atoms with Crippen LogP contribution in [0.5, 0.6) is 0 Å². The first-order chi connectivity index (χ1) is 34.0. The van der Waals surface area contributed by atoms with Crippen LogP contribution in [0.4, 0.5) is 22.7 Å². The van der Waals surface area contributed by atoms with Crippen molar-refractivity contribution in [2.75, 3.05) is 0 Å². The Kier molecular flexibility index (Phi) is 10.1. The van der Waals surface area contributed by atoms with Crippen LogP contribution in [0.25, 0.3) is 38.8 Å². The highest BCUT2D eigenvalue weighted by molar-refractivity contribution is 7.20. The Labute approximate surface area is 421 Å². The van der Waals surface area contributed by atoms with Crippen LogP contribution in [-0.2, 0) is 16.2 Å². The summed E-state index contributed by atoms with van der Waals surface area (Å²) in [4.78, 5) is 5.18. The summed E-state index contributed by atoms with van der Waals surface area (Å²) < 4.78 is 3.74. The van der Waals surface area contributed by atoms with E-state index in [1.54, 1.807) is 0 Å². The summed E-state index contributed by atoms with van der Waals surface area (Å²) in [6, 6.07) is 78.7. The normalized spacial score (nSPS) is 17.7. The minimum absolute atomic E-state index is 0.0166. The molecule has 2 aliphatic heterocycles. The molecule has 0 N–H and O–H groups in total. The first kappa shape index (κ1) is 45.0. The van der Waals surface area contributed by atoms with E-state index in [1.807, 2.05) is 6.20 Å². The number of hydrogen-bond acceptors (Lipinski definition) is 1. The van der Waals surface area contributed by atoms with Crippen molar-refractivity contribution in [3.63, 3.8) is 0 Å². The lowest BCUT2D eigenvalue weighted by Gasteiger charge is -2.41. The molecule has 0 aliphatic carbocycles. The number of fused-ring (bicyclic) bond motifs is 7. The lowest BCUT2D eigenvalue weighted by molar-refractivity contribution is 0.425. The third-order valence-corrected chi connectivity index (χ3v) is 20.4. The Hall–Kier alpha value is -7.15. The van der Waals surface area contributed by atoms with E-state index in [4.69, 9.17) is 4.98 Å². The molecule has 0 spiro atoms. The third kappa shape index (κ3) is 6.81. The summed E-state index contributed by atoms with van der Waals surface area (Å²) in [5.41, 5.74) is 13.7. The van der Waals surface area contributed by atoms with Gasteiger partial charge in [0.05, 0.1) is 11.0 Å². The number of aromatic nitrogens is 2. The molecular formula is C66H63N4Si+. The molecule has 10 aromatic rings. The van der Waals surface area contributed by atoms with E-state index in [2.05, 4.69) is 280 Å². The van der Waals surface area contributed by atoms with Gasteiger partial charge in [0, 0.05) is 53.4 Å². The molecule has 0 radical (unpaired) electrons. The van der Waals surface area contributed by atoms with Gasteiger partial charge >= 0.3 is 0 Å². The lowest BCUT2D eigenvalue weighted by atomic mass is 9.86. The van der Waals surface area contributed by atoms with E-state index < -0.39 is 8.07 Å². The van der Waals surface area contributed by atoms with Gasteiger partial charge in [0.2, 0.25) is 11.4 Å². The minimum Gasteiger partial charge on any atom is -0.294 e. The van der Waals surface area contributed by atoms with E-state index >= 15 is 0 Å². The molecule has 2 aromatic heterocycles. The number of nitrogens with zero attached hydrogens (tertiary/aromatic N) is 4. The first-order valence-corrected chi connectivity index (χ1v) is 27.3. The van der Waals surface area contributed by atoms with Gasteiger partial charge in [-0.3, -0.25) is 4.57 Å². The van der Waals surface area contributed by atoms with Gasteiger partial charge < -0.3 is 0 Å². The maximum Gasteiger partial charge on any atom is 0.225 e. The molecular weight excluding hydrogens is 877 g/mol. The highest BCUT2D eigenvalue weighted by Crippen LogP contribution is 2.75. The average Bonchev–Trinajstić information content (AvgIpc) is 3.87. The van der Waals surface area contributed by atoms with Crippen LogP contribution in [-0.4, -0.2) is 17.6 Å². The fourth-order valence-electron chi connectivity index (χ4n) is 11.8. The summed E-state index contributed by atoms with van der Waals surface area (Å²) in [6.07, 6.45) is 1.99. The van der Waals surface area contributed by atoms with Crippen LogP contribution in [0.15, 0.2) is 212 Å². The third-order valence-electron chi connectivity index (χ3n) is 15.7. The summed E-state index contributed by atoms with van der Waals surface area (Å²) in [5, 5.41) is 7.83. The lowest BCUT2D eigenvalue weighted by Crippen LogP contribution is -2.75. The molecule has 71 heavy (non-hydrogen) atoms. The summed E-state index contributed by atoms with van der Waals surface area (Å²) in [7, 11) is -3.18. The van der Waals surface area contributed by atoms with E-state index in [0.717, 1.165) is 16.9 Å². The van der Waals surface area contributed by atoms with E-state index in [-0.39, 0.29) is 16.2 Å². The first-order valence-electron chi connectivity index (χ1n) is 25.3. The van der Waals surface area contributed by atoms with Gasteiger partial charge in [-0.25, -0.2) is 4.98 Å². The highest BCUT2D eigenvalue weighted by Gasteiger charge is 2.78. The van der Waals surface area contributed by atoms with Crippen molar-refractivity contribution in [2.24, 2.45) is 0 Å². The molecule has 4 heterocycles. The van der Waals surface area contributed by atoms with Crippen LogP contribution in [0.1, 0.15) is 79.0 Å². The van der Waals surface area contributed by atoms with Gasteiger partial charge in [-0.05, 0) is 95.1 Å². The second-order valence-electron chi connectivity index (χ2n) is 23.1. The number of benzene rings is 8. The Morgan fingerprint density at radius 3 is 1.61 bits per heavy atom. The SMILES string of the molecule is CC(C)(C)c1cccc([N@+]23[CH-][N+]2(c2cc(C(C)(C)C)cc([Si](c4ccccc4)(c4ccccc4)c4ccc5c6cc(-c7ccccc7)ccc6n(-c6cc(C(C)(C)C)ccn6)c5c4)c2)c2ccccc23)c1. The standard InChI is InChI=1S/C66H63N4Si/c1-64(2,3)48-24-21-25-51(39-48)69-45-70(69,62-31-20-19-30-61(62)69)52-40-50(66(7,8)9)41-56(43-52)71(53-26-15-11-16-27-53,54-28-17-12-18-29-54)55-33-34-57-58-38-47(46-22-13-10-14-23-46)32-35-59(58)68(60(57)44-55)63-42-49(36-37-67-63)65(4,5)6/h10-45H,1-9H3/q+1/t69-,70?/m0/s1. The monoisotopic (exact) mass is 939 g/mol. The predicted octanol–water partition coefficient (Wildman–Crippen LogP) is 14.5. The van der Waals surface area contributed by atoms with Crippen LogP contribution < -0.4 is 29.9 Å². The zero-order valence-electron chi connectivity index (χ0n) is 42.6. The molecule has 2 aliphatic rings. The maximum absolute atomic E-state index is 5.18. The Balaban J connectivity index is 1.17. The highest BCUT2D eigenvalue weighted by atomic mass is 28.3. The summed E-state index contributed by atoms with van der Waals surface area (Å²) >= 11 is 0.